The van der Waals surface area contributed by atoms with Gasteiger partial charge in [-0.1, -0.05) is 11.6 Å². The minimum Gasteiger partial charge on any atom is -0.481 e. The van der Waals surface area contributed by atoms with Crippen molar-refractivity contribution in [1.82, 2.24) is 14.5 Å². The van der Waals surface area contributed by atoms with Gasteiger partial charge in [-0.15, -0.1) is 0 Å². The number of hydrogen-bond donors (Lipinski definition) is 0. The third-order valence-corrected chi connectivity index (χ3v) is 5.26. The third kappa shape index (κ3) is 3.99. The summed E-state index contributed by atoms with van der Waals surface area (Å²) in [7, 11) is 1.56. The molecule has 158 valence electrons. The van der Waals surface area contributed by atoms with Crippen LogP contribution in [-0.2, 0) is 11.3 Å². The molecule has 3 heterocycles. The van der Waals surface area contributed by atoms with E-state index < -0.39 is 5.97 Å². The van der Waals surface area contributed by atoms with Crippen LogP contribution in [0, 0.1) is 6.92 Å². The smallest absolute Gasteiger partial charge is 0.355 e. The number of halogens is 1. The molecule has 1 aromatic carbocycles. The lowest BCUT2D eigenvalue weighted by atomic mass is 10.0. The molecule has 4 rings (SSSR count). The van der Waals surface area contributed by atoms with Crippen LogP contribution in [0.1, 0.15) is 28.7 Å². The molecular weight excluding hydrogens is 414 g/mol. The monoisotopic (exact) mass is 435 g/mol. The third-order valence-electron chi connectivity index (χ3n) is 5.03. The highest BCUT2D eigenvalue weighted by atomic mass is 35.5. The van der Waals surface area contributed by atoms with Crippen LogP contribution in [0.2, 0.25) is 5.02 Å². The molecule has 3 aromatic heterocycles. The molecule has 0 aliphatic heterocycles. The van der Waals surface area contributed by atoms with Gasteiger partial charge in [-0.25, -0.2) is 9.78 Å². The summed E-state index contributed by atoms with van der Waals surface area (Å²) < 4.78 is 12.9. The van der Waals surface area contributed by atoms with Gasteiger partial charge in [-0.05, 0) is 61.9 Å². The van der Waals surface area contributed by atoms with E-state index in [0.717, 1.165) is 22.2 Å². The lowest BCUT2D eigenvalue weighted by molar-refractivity contribution is 0.0516. The van der Waals surface area contributed by atoms with Crippen LogP contribution < -0.4 is 4.74 Å². The molecule has 0 fully saturated rings. The largest absolute Gasteiger partial charge is 0.481 e. The van der Waals surface area contributed by atoms with Crippen LogP contribution >= 0.6 is 11.6 Å². The molecule has 0 atom stereocenters. The minimum absolute atomic E-state index is 0.263. The molecule has 0 unspecified atom stereocenters. The molecule has 0 radical (unpaired) electrons. The molecule has 0 saturated carbocycles. The van der Waals surface area contributed by atoms with Crippen molar-refractivity contribution in [1.29, 1.82) is 0 Å². The standard InChI is InChI=1S/C24H22ClN3O3/c1-4-31-24(29)22-21(18-6-5-10-27-23(18)30-3)19-13-17(25)7-8-20(19)28(22)14-16-9-11-26-15(2)12-16/h5-13H,4,14H2,1-3H3. The lowest BCUT2D eigenvalue weighted by Crippen LogP contribution is -2.14. The zero-order chi connectivity index (χ0) is 22.0. The molecule has 7 heteroatoms. The second-order valence-corrected chi connectivity index (χ2v) is 7.49. The number of pyridine rings is 2. The zero-order valence-electron chi connectivity index (χ0n) is 17.6. The Morgan fingerprint density at radius 2 is 1.97 bits per heavy atom. The fraction of sp³-hybridized carbons (Fsp3) is 0.208. The maximum Gasteiger partial charge on any atom is 0.355 e. The molecule has 4 aromatic rings. The molecule has 0 bridgehead atoms. The van der Waals surface area contributed by atoms with Gasteiger partial charge in [-0.2, -0.15) is 0 Å². The van der Waals surface area contributed by atoms with Gasteiger partial charge < -0.3 is 14.0 Å². The Bertz CT molecular complexity index is 1270. The van der Waals surface area contributed by atoms with Gasteiger partial charge in [0.2, 0.25) is 5.88 Å². The molecular formula is C24H22ClN3O3. The number of aromatic nitrogens is 3. The first-order valence-electron chi connectivity index (χ1n) is 9.93. The van der Waals surface area contributed by atoms with Crippen molar-refractivity contribution in [2.24, 2.45) is 0 Å². The van der Waals surface area contributed by atoms with Gasteiger partial charge in [0, 0.05) is 51.7 Å². The second kappa shape index (κ2) is 8.78. The van der Waals surface area contributed by atoms with Gasteiger partial charge >= 0.3 is 5.97 Å². The Morgan fingerprint density at radius 3 is 2.71 bits per heavy atom. The highest BCUT2D eigenvalue weighted by Crippen LogP contribution is 2.40. The van der Waals surface area contributed by atoms with Gasteiger partial charge in [0.25, 0.3) is 0 Å². The Balaban J connectivity index is 2.06. The van der Waals surface area contributed by atoms with E-state index >= 15 is 0 Å². The average Bonchev–Trinajstić information content (AvgIpc) is 3.07. The van der Waals surface area contributed by atoms with Crippen molar-refractivity contribution >= 4 is 28.5 Å². The summed E-state index contributed by atoms with van der Waals surface area (Å²) in [6, 6.07) is 13.2. The van der Waals surface area contributed by atoms with Gasteiger partial charge in [-0.3, -0.25) is 4.98 Å². The van der Waals surface area contributed by atoms with E-state index in [0.29, 0.717) is 34.3 Å². The highest BCUT2D eigenvalue weighted by Gasteiger charge is 2.27. The van der Waals surface area contributed by atoms with Crippen molar-refractivity contribution in [2.45, 2.75) is 20.4 Å². The maximum absolute atomic E-state index is 13.2. The van der Waals surface area contributed by atoms with E-state index in [1.54, 1.807) is 26.4 Å². The summed E-state index contributed by atoms with van der Waals surface area (Å²) in [5.41, 5.74) is 4.61. The molecule has 0 N–H and O–H groups in total. The van der Waals surface area contributed by atoms with Crippen molar-refractivity contribution in [3.05, 3.63) is 76.8 Å². The number of rotatable bonds is 6. The van der Waals surface area contributed by atoms with Crippen LogP contribution in [0.15, 0.2) is 54.9 Å². The number of esters is 1. The first-order chi connectivity index (χ1) is 15.0. The van der Waals surface area contributed by atoms with E-state index in [1.165, 1.54) is 0 Å². The Labute approximate surface area is 185 Å². The number of methoxy groups -OCH3 is 1. The number of hydrogen-bond acceptors (Lipinski definition) is 5. The predicted molar refractivity (Wildman–Crippen MR) is 121 cm³/mol. The molecule has 31 heavy (non-hydrogen) atoms. The van der Waals surface area contributed by atoms with E-state index in [9.17, 15) is 4.79 Å². The Kier molecular flexibility index (Phi) is 5.91. The van der Waals surface area contributed by atoms with Crippen LogP contribution in [0.25, 0.3) is 22.0 Å². The SMILES string of the molecule is CCOC(=O)c1c(-c2cccnc2OC)c2cc(Cl)ccc2n1Cc1ccnc(C)c1. The zero-order valence-corrected chi connectivity index (χ0v) is 18.3. The fourth-order valence-electron chi connectivity index (χ4n) is 3.80. The van der Waals surface area contributed by atoms with Gasteiger partial charge in [0.1, 0.15) is 5.69 Å². The summed E-state index contributed by atoms with van der Waals surface area (Å²) in [4.78, 5) is 21.8. The van der Waals surface area contributed by atoms with Crippen LogP contribution in [0.4, 0.5) is 0 Å². The van der Waals surface area contributed by atoms with E-state index in [-0.39, 0.29) is 6.61 Å². The number of benzene rings is 1. The molecule has 0 amide bonds. The normalized spacial score (nSPS) is 11.0. The number of nitrogens with zero attached hydrogens (tertiary/aromatic N) is 3. The summed E-state index contributed by atoms with van der Waals surface area (Å²) >= 11 is 6.35. The summed E-state index contributed by atoms with van der Waals surface area (Å²) in [6.45, 7) is 4.46. The summed E-state index contributed by atoms with van der Waals surface area (Å²) in [5.74, 6) is 0.00772. The highest BCUT2D eigenvalue weighted by molar-refractivity contribution is 6.31. The first kappa shape index (κ1) is 20.9. The molecule has 6 nitrogen and oxygen atoms in total. The Morgan fingerprint density at radius 1 is 1.13 bits per heavy atom. The molecule has 0 spiro atoms. The number of carbonyl (C=O) groups is 1. The van der Waals surface area contributed by atoms with Crippen molar-refractivity contribution in [2.75, 3.05) is 13.7 Å². The lowest BCUT2D eigenvalue weighted by Gasteiger charge is -2.13. The number of carbonyl (C=O) groups excluding carboxylic acids is 1. The number of aryl methyl sites for hydroxylation is 1. The van der Waals surface area contributed by atoms with Crippen molar-refractivity contribution < 1.29 is 14.3 Å². The fourth-order valence-corrected chi connectivity index (χ4v) is 3.98. The van der Waals surface area contributed by atoms with Gasteiger partial charge in [0.15, 0.2) is 0 Å². The van der Waals surface area contributed by atoms with Crippen molar-refractivity contribution in [3.8, 4) is 17.0 Å². The van der Waals surface area contributed by atoms with Gasteiger partial charge in [0.05, 0.1) is 13.7 Å². The summed E-state index contributed by atoms with van der Waals surface area (Å²) in [6.07, 6.45) is 3.42. The Hall–Kier alpha value is -3.38. The molecule has 0 aliphatic rings. The minimum atomic E-state index is -0.415. The molecule has 0 aliphatic carbocycles. The number of ether oxygens (including phenoxy) is 2. The van der Waals surface area contributed by atoms with Crippen LogP contribution in [0.3, 0.4) is 0 Å². The van der Waals surface area contributed by atoms with E-state index in [4.69, 9.17) is 21.1 Å². The predicted octanol–water partition coefficient (Wildman–Crippen LogP) is 5.29. The van der Waals surface area contributed by atoms with E-state index in [1.807, 2.05) is 54.0 Å². The average molecular weight is 436 g/mol. The molecule has 0 saturated heterocycles. The topological polar surface area (TPSA) is 66.2 Å². The second-order valence-electron chi connectivity index (χ2n) is 7.06. The van der Waals surface area contributed by atoms with Crippen LogP contribution in [0.5, 0.6) is 5.88 Å². The summed E-state index contributed by atoms with van der Waals surface area (Å²) in [5, 5.41) is 1.40. The quantitative estimate of drug-likeness (QED) is 0.385. The van der Waals surface area contributed by atoms with E-state index in [2.05, 4.69) is 9.97 Å². The number of fused-ring (bicyclic) bond motifs is 1. The van der Waals surface area contributed by atoms with Crippen molar-refractivity contribution in [3.63, 3.8) is 0 Å². The first-order valence-corrected chi connectivity index (χ1v) is 10.3. The maximum atomic E-state index is 13.2. The van der Waals surface area contributed by atoms with Crippen LogP contribution in [-0.4, -0.2) is 34.2 Å².